The summed E-state index contributed by atoms with van der Waals surface area (Å²) in [6.45, 7) is 7.24. The van der Waals surface area contributed by atoms with Gasteiger partial charge in [0.05, 0.1) is 12.6 Å². The number of anilines is 1. The average Bonchev–Trinajstić information content (AvgIpc) is 3.28. The highest BCUT2D eigenvalue weighted by molar-refractivity contribution is 6.01. The second kappa shape index (κ2) is 12.9. The highest BCUT2D eigenvalue weighted by Gasteiger charge is 2.19. The van der Waals surface area contributed by atoms with Crippen molar-refractivity contribution in [3.05, 3.63) is 77.8 Å². The lowest BCUT2D eigenvalue weighted by Gasteiger charge is -2.32. The predicted octanol–water partition coefficient (Wildman–Crippen LogP) is 3.63. The molecule has 4 aromatic rings. The third-order valence-electron chi connectivity index (χ3n) is 6.94. The molecule has 0 aliphatic carbocycles. The van der Waals surface area contributed by atoms with E-state index in [0.29, 0.717) is 23.4 Å². The summed E-state index contributed by atoms with van der Waals surface area (Å²) in [5.41, 5.74) is 1.93. The lowest BCUT2D eigenvalue weighted by atomic mass is 10.1. The van der Waals surface area contributed by atoms with Crippen LogP contribution in [-0.2, 0) is 11.2 Å². The average molecular weight is 580 g/mol. The zero-order valence-electron chi connectivity index (χ0n) is 23.3. The molecular weight excluding hydrogens is 548 g/mol. The Kier molecular flexibility index (Phi) is 8.88. The lowest BCUT2D eigenvalue weighted by molar-refractivity contribution is -0.119. The van der Waals surface area contributed by atoms with Crippen molar-refractivity contribution in [2.24, 2.45) is 0 Å². The molecular formula is C29H31F2N7O4. The molecule has 0 saturated carbocycles. The summed E-state index contributed by atoms with van der Waals surface area (Å²) in [6, 6.07) is 8.35. The summed E-state index contributed by atoms with van der Waals surface area (Å²) in [7, 11) is 2.12. The van der Waals surface area contributed by atoms with Gasteiger partial charge in [0.15, 0.2) is 11.6 Å². The molecule has 0 unspecified atom stereocenters. The number of fused-ring (bicyclic) bond motifs is 1. The number of likely N-dealkylation sites (N-methyl/N-ethyl adjacent to an activating group) is 1. The number of halogens is 2. The first kappa shape index (κ1) is 28.9. The van der Waals surface area contributed by atoms with Gasteiger partial charge in [-0.2, -0.15) is 10.1 Å². The Balaban J connectivity index is 1.19. The van der Waals surface area contributed by atoms with E-state index in [1.807, 2.05) is 6.92 Å². The van der Waals surface area contributed by atoms with Gasteiger partial charge in [0.25, 0.3) is 0 Å². The first-order chi connectivity index (χ1) is 20.2. The second-order valence-corrected chi connectivity index (χ2v) is 10.0. The van der Waals surface area contributed by atoms with Crippen LogP contribution >= 0.6 is 0 Å². The minimum atomic E-state index is -0.836. The highest BCUT2D eigenvalue weighted by Crippen LogP contribution is 2.33. The van der Waals surface area contributed by atoms with E-state index in [0.717, 1.165) is 44.4 Å². The van der Waals surface area contributed by atoms with Crippen molar-refractivity contribution in [3.63, 3.8) is 0 Å². The van der Waals surface area contributed by atoms with Crippen molar-refractivity contribution in [3.8, 4) is 17.4 Å². The van der Waals surface area contributed by atoms with Gasteiger partial charge < -0.3 is 19.7 Å². The van der Waals surface area contributed by atoms with Crippen LogP contribution in [0.3, 0.4) is 0 Å². The van der Waals surface area contributed by atoms with Crippen molar-refractivity contribution < 1.29 is 27.8 Å². The molecule has 1 aliphatic heterocycles. The SMILES string of the molecule is Cc1c(OCCN2CCN(C)CC2)cn2ncnc(Oc3ccc(NC(=O)NC(=O)Cc4ccc(F)cc4)cc3F)c12. The number of aryl methyl sites for hydroxylation is 1. The Hall–Kier alpha value is -4.62. The number of ether oxygens (including phenoxy) is 2. The summed E-state index contributed by atoms with van der Waals surface area (Å²) in [5, 5.41) is 8.80. The largest absolute Gasteiger partial charge is 0.490 e. The molecule has 1 aliphatic rings. The van der Waals surface area contributed by atoms with Crippen molar-refractivity contribution in [1.82, 2.24) is 29.7 Å². The zero-order valence-corrected chi connectivity index (χ0v) is 23.3. The smallest absolute Gasteiger partial charge is 0.325 e. The lowest BCUT2D eigenvalue weighted by Crippen LogP contribution is -2.45. The number of hydrogen-bond acceptors (Lipinski definition) is 8. The van der Waals surface area contributed by atoms with E-state index in [9.17, 15) is 18.4 Å². The van der Waals surface area contributed by atoms with Crippen molar-refractivity contribution in [1.29, 1.82) is 0 Å². The van der Waals surface area contributed by atoms with Crippen LogP contribution in [0.25, 0.3) is 5.52 Å². The van der Waals surface area contributed by atoms with Crippen molar-refractivity contribution >= 4 is 23.1 Å². The van der Waals surface area contributed by atoms with Gasteiger partial charge in [0.1, 0.15) is 30.0 Å². The Morgan fingerprint density at radius 2 is 1.79 bits per heavy atom. The Morgan fingerprint density at radius 3 is 2.52 bits per heavy atom. The van der Waals surface area contributed by atoms with Gasteiger partial charge in [-0.15, -0.1) is 0 Å². The Morgan fingerprint density at radius 1 is 1.02 bits per heavy atom. The van der Waals surface area contributed by atoms with E-state index >= 15 is 0 Å². The maximum absolute atomic E-state index is 15.0. The molecule has 0 radical (unpaired) electrons. The van der Waals surface area contributed by atoms with Crippen LogP contribution in [0.1, 0.15) is 11.1 Å². The number of imide groups is 1. The second-order valence-electron chi connectivity index (χ2n) is 10.0. The van der Waals surface area contributed by atoms with E-state index in [-0.39, 0.29) is 23.7 Å². The van der Waals surface area contributed by atoms with Crippen LogP contribution in [0.5, 0.6) is 17.4 Å². The number of carbonyl (C=O) groups is 2. The minimum absolute atomic E-state index is 0.106. The molecule has 2 aromatic heterocycles. The molecule has 0 bridgehead atoms. The fourth-order valence-corrected chi connectivity index (χ4v) is 4.57. The Labute approximate surface area is 241 Å². The number of nitrogens with zero attached hydrogens (tertiary/aromatic N) is 5. The van der Waals surface area contributed by atoms with E-state index < -0.39 is 23.6 Å². The monoisotopic (exact) mass is 579 g/mol. The molecule has 42 heavy (non-hydrogen) atoms. The van der Waals surface area contributed by atoms with Gasteiger partial charge >= 0.3 is 6.03 Å². The van der Waals surface area contributed by atoms with Gasteiger partial charge in [-0.05, 0) is 43.8 Å². The van der Waals surface area contributed by atoms with Crippen LogP contribution in [0, 0.1) is 18.6 Å². The van der Waals surface area contributed by atoms with Crippen LogP contribution in [0.15, 0.2) is 55.0 Å². The maximum Gasteiger partial charge on any atom is 0.325 e. The van der Waals surface area contributed by atoms with E-state index in [1.54, 1.807) is 10.7 Å². The standard InChI is InChI=1S/C29H31F2N7O4/c1-19-25(41-14-13-37-11-9-36(2)10-12-37)17-38-27(19)28(32-18-33-38)42-24-8-7-22(16-23(24)31)34-29(40)35-26(39)15-20-3-5-21(30)6-4-20/h3-8,16-18H,9-15H2,1-2H3,(H2,34,35,39,40). The van der Waals surface area contributed by atoms with Crippen LogP contribution in [0.2, 0.25) is 0 Å². The quantitative estimate of drug-likeness (QED) is 0.309. The van der Waals surface area contributed by atoms with Gasteiger partial charge in [0, 0.05) is 50.0 Å². The number of nitrogens with one attached hydrogen (secondary N) is 2. The predicted molar refractivity (Wildman–Crippen MR) is 151 cm³/mol. The number of hydrogen-bond donors (Lipinski definition) is 2. The van der Waals surface area contributed by atoms with Gasteiger partial charge in [-0.3, -0.25) is 15.0 Å². The maximum atomic E-state index is 15.0. The summed E-state index contributed by atoms with van der Waals surface area (Å²) < 4.78 is 41.4. The molecule has 220 valence electrons. The highest BCUT2D eigenvalue weighted by atomic mass is 19.1. The van der Waals surface area contributed by atoms with Gasteiger partial charge in [-0.25, -0.2) is 18.1 Å². The number of piperazine rings is 1. The minimum Gasteiger partial charge on any atom is -0.490 e. The molecule has 1 saturated heterocycles. The summed E-state index contributed by atoms with van der Waals surface area (Å²) >= 11 is 0. The van der Waals surface area contributed by atoms with E-state index in [2.05, 4.69) is 37.6 Å². The molecule has 0 spiro atoms. The number of amides is 3. The first-order valence-corrected chi connectivity index (χ1v) is 13.4. The molecule has 13 heteroatoms. The van der Waals surface area contributed by atoms with Crippen LogP contribution in [0.4, 0.5) is 19.3 Å². The summed E-state index contributed by atoms with van der Waals surface area (Å²) in [5.74, 6) is -1.13. The third-order valence-corrected chi connectivity index (χ3v) is 6.94. The fourth-order valence-electron chi connectivity index (χ4n) is 4.57. The number of carbonyl (C=O) groups excluding carboxylic acids is 2. The molecule has 0 atom stereocenters. The normalized spacial score (nSPS) is 14.1. The number of aromatic nitrogens is 3. The number of benzene rings is 2. The van der Waals surface area contributed by atoms with Crippen molar-refractivity contribution in [2.45, 2.75) is 13.3 Å². The molecule has 2 aromatic carbocycles. The number of rotatable bonds is 9. The molecule has 1 fully saturated rings. The summed E-state index contributed by atoms with van der Waals surface area (Å²) in [4.78, 5) is 33.2. The molecule has 3 amide bonds. The van der Waals surface area contributed by atoms with Crippen LogP contribution < -0.4 is 20.1 Å². The van der Waals surface area contributed by atoms with E-state index in [4.69, 9.17) is 9.47 Å². The molecule has 3 heterocycles. The summed E-state index contributed by atoms with van der Waals surface area (Å²) in [6.07, 6.45) is 2.92. The fraction of sp³-hybridized carbons (Fsp3) is 0.310. The Bertz CT molecular complexity index is 1570. The first-order valence-electron chi connectivity index (χ1n) is 13.4. The third kappa shape index (κ3) is 7.17. The molecule has 11 nitrogen and oxygen atoms in total. The topological polar surface area (TPSA) is 113 Å². The van der Waals surface area contributed by atoms with Gasteiger partial charge in [-0.1, -0.05) is 12.1 Å². The number of urea groups is 1. The van der Waals surface area contributed by atoms with Crippen LogP contribution in [-0.4, -0.2) is 82.7 Å². The van der Waals surface area contributed by atoms with Gasteiger partial charge in [0.2, 0.25) is 11.8 Å². The zero-order chi connectivity index (χ0) is 29.6. The van der Waals surface area contributed by atoms with E-state index in [1.165, 1.54) is 42.7 Å². The molecule has 5 rings (SSSR count). The molecule has 2 N–H and O–H groups in total. The van der Waals surface area contributed by atoms with Crippen molar-refractivity contribution in [2.75, 3.05) is 51.7 Å².